The van der Waals surface area contributed by atoms with Crippen LogP contribution in [0.3, 0.4) is 0 Å². The van der Waals surface area contributed by atoms with Gasteiger partial charge >= 0.3 is 5.97 Å². The Balaban J connectivity index is 1.55. The van der Waals surface area contributed by atoms with Crippen molar-refractivity contribution >= 4 is 22.6 Å². The number of nitrogens with one attached hydrogen (secondary N) is 1. The average Bonchev–Trinajstić information content (AvgIpc) is 3.05. The number of aromatic nitrogens is 1. The summed E-state index contributed by atoms with van der Waals surface area (Å²) < 4.78 is 26.5. The van der Waals surface area contributed by atoms with Gasteiger partial charge in [-0.2, -0.15) is 0 Å². The van der Waals surface area contributed by atoms with Gasteiger partial charge in [-0.1, -0.05) is 0 Å². The highest BCUT2D eigenvalue weighted by Gasteiger charge is 2.32. The predicted molar refractivity (Wildman–Crippen MR) is 98.8 cm³/mol. The molecule has 0 saturated carbocycles. The minimum Gasteiger partial charge on any atom is -0.480 e. The maximum atomic E-state index is 13.4. The molecule has 1 fully saturated rings. The van der Waals surface area contributed by atoms with Gasteiger partial charge in [0.05, 0.1) is 0 Å². The molecule has 140 valence electrons. The summed E-state index contributed by atoms with van der Waals surface area (Å²) in [6.45, 7) is 2.41. The van der Waals surface area contributed by atoms with Crippen molar-refractivity contribution < 1.29 is 18.7 Å². The molecule has 0 aliphatic carbocycles. The van der Waals surface area contributed by atoms with Crippen LogP contribution < -0.4 is 4.90 Å². The van der Waals surface area contributed by atoms with E-state index in [1.165, 1.54) is 24.3 Å². The van der Waals surface area contributed by atoms with E-state index in [-0.39, 0.29) is 11.6 Å². The number of benzene rings is 2. The van der Waals surface area contributed by atoms with Crippen LogP contribution in [0.15, 0.2) is 48.7 Å². The molecule has 0 amide bonds. The number of fused-ring (bicyclic) bond motifs is 1. The predicted octanol–water partition coefficient (Wildman–Crippen LogP) is 3.39. The number of hydrogen-bond acceptors (Lipinski definition) is 3. The molecule has 2 aromatic carbocycles. The Hall–Kier alpha value is -2.93. The highest BCUT2D eigenvalue weighted by molar-refractivity contribution is 5.89. The zero-order chi connectivity index (χ0) is 19.0. The first-order chi connectivity index (χ1) is 13.0. The summed E-state index contributed by atoms with van der Waals surface area (Å²) in [5.41, 5.74) is 2.14. The molecule has 3 aromatic rings. The van der Waals surface area contributed by atoms with Crippen molar-refractivity contribution in [2.75, 3.05) is 31.1 Å². The number of piperazine rings is 1. The first kappa shape index (κ1) is 17.5. The standard InChI is InChI=1S/C20H19F2N3O2/c21-13-1-4-15(5-2-13)24-7-9-25(10-8-24)19(20(26)27)17-12-23-18-11-14(22)3-6-16(17)18/h1-6,11-12,19,23H,7-10H2,(H,26,27). The van der Waals surface area contributed by atoms with E-state index in [1.54, 1.807) is 24.4 Å². The SMILES string of the molecule is O=C(O)C(c1c[nH]c2cc(F)ccc12)N1CCN(c2ccc(F)cc2)CC1. The lowest BCUT2D eigenvalue weighted by atomic mass is 10.0. The number of rotatable bonds is 4. The molecule has 2 heterocycles. The van der Waals surface area contributed by atoms with E-state index in [2.05, 4.69) is 9.88 Å². The van der Waals surface area contributed by atoms with Gasteiger partial charge in [0.15, 0.2) is 0 Å². The Morgan fingerprint density at radius 1 is 1.00 bits per heavy atom. The van der Waals surface area contributed by atoms with Crippen LogP contribution in [0.1, 0.15) is 11.6 Å². The first-order valence-electron chi connectivity index (χ1n) is 8.77. The summed E-state index contributed by atoms with van der Waals surface area (Å²) in [5.74, 6) is -1.58. The van der Waals surface area contributed by atoms with Crippen LogP contribution in [0.25, 0.3) is 10.9 Å². The summed E-state index contributed by atoms with van der Waals surface area (Å²) in [4.78, 5) is 19.0. The topological polar surface area (TPSA) is 59.6 Å². The van der Waals surface area contributed by atoms with Crippen molar-refractivity contribution in [1.82, 2.24) is 9.88 Å². The molecule has 7 heteroatoms. The molecule has 5 nitrogen and oxygen atoms in total. The summed E-state index contributed by atoms with van der Waals surface area (Å²) in [6.07, 6.45) is 1.65. The summed E-state index contributed by atoms with van der Waals surface area (Å²) >= 11 is 0. The molecule has 4 rings (SSSR count). The summed E-state index contributed by atoms with van der Waals surface area (Å²) in [5, 5.41) is 10.6. The zero-order valence-corrected chi connectivity index (χ0v) is 14.5. The molecule has 1 atom stereocenters. The second kappa shape index (κ2) is 7.00. The minimum atomic E-state index is -0.935. The number of aromatic amines is 1. The first-order valence-corrected chi connectivity index (χ1v) is 8.77. The number of anilines is 1. The molecule has 1 unspecified atom stereocenters. The molecule has 27 heavy (non-hydrogen) atoms. The molecule has 1 aliphatic heterocycles. The molecule has 1 aromatic heterocycles. The van der Waals surface area contributed by atoms with E-state index in [0.29, 0.717) is 42.6 Å². The lowest BCUT2D eigenvalue weighted by molar-refractivity contribution is -0.143. The van der Waals surface area contributed by atoms with Crippen molar-refractivity contribution in [3.63, 3.8) is 0 Å². The van der Waals surface area contributed by atoms with Gasteiger partial charge in [0.1, 0.15) is 17.7 Å². The third-order valence-electron chi connectivity index (χ3n) is 5.08. The maximum absolute atomic E-state index is 13.4. The van der Waals surface area contributed by atoms with Crippen molar-refractivity contribution in [3.8, 4) is 0 Å². The Morgan fingerprint density at radius 2 is 1.67 bits per heavy atom. The average molecular weight is 371 g/mol. The van der Waals surface area contributed by atoms with E-state index in [1.807, 2.05) is 4.90 Å². The molecule has 0 bridgehead atoms. The van der Waals surface area contributed by atoms with Crippen LogP contribution in [0.2, 0.25) is 0 Å². The number of carboxylic acids is 1. The third kappa shape index (κ3) is 3.38. The number of nitrogens with zero attached hydrogens (tertiary/aromatic N) is 2. The van der Waals surface area contributed by atoms with Crippen LogP contribution in [0.4, 0.5) is 14.5 Å². The molecule has 0 spiro atoms. The number of carboxylic acid groups (broad SMARTS) is 1. The Labute approximate surface area is 154 Å². The van der Waals surface area contributed by atoms with Crippen LogP contribution in [0.5, 0.6) is 0 Å². The van der Waals surface area contributed by atoms with E-state index in [0.717, 1.165) is 5.69 Å². The van der Waals surface area contributed by atoms with Crippen molar-refractivity contribution in [3.05, 3.63) is 65.9 Å². The van der Waals surface area contributed by atoms with Gasteiger partial charge in [-0.25, -0.2) is 8.78 Å². The van der Waals surface area contributed by atoms with Crippen LogP contribution in [0, 0.1) is 11.6 Å². The number of halogens is 2. The molecular formula is C20H19F2N3O2. The van der Waals surface area contributed by atoms with Crippen LogP contribution in [-0.2, 0) is 4.79 Å². The number of aliphatic carboxylic acids is 1. The van der Waals surface area contributed by atoms with Crippen molar-refractivity contribution in [2.45, 2.75) is 6.04 Å². The minimum absolute atomic E-state index is 0.279. The summed E-state index contributed by atoms with van der Waals surface area (Å²) in [7, 11) is 0. The smallest absolute Gasteiger partial charge is 0.325 e. The number of carbonyl (C=O) groups is 1. The van der Waals surface area contributed by atoms with Crippen LogP contribution >= 0.6 is 0 Å². The fourth-order valence-electron chi connectivity index (χ4n) is 3.72. The summed E-state index contributed by atoms with van der Waals surface area (Å²) in [6, 6.07) is 9.82. The van der Waals surface area contributed by atoms with E-state index in [4.69, 9.17) is 0 Å². The Bertz CT molecular complexity index is 963. The van der Waals surface area contributed by atoms with Gasteiger partial charge in [0.2, 0.25) is 0 Å². The van der Waals surface area contributed by atoms with Gasteiger partial charge in [-0.05, 0) is 42.5 Å². The van der Waals surface area contributed by atoms with Crippen molar-refractivity contribution in [1.29, 1.82) is 0 Å². The van der Waals surface area contributed by atoms with Crippen molar-refractivity contribution in [2.24, 2.45) is 0 Å². The monoisotopic (exact) mass is 371 g/mol. The molecule has 1 saturated heterocycles. The molecular weight excluding hydrogens is 352 g/mol. The maximum Gasteiger partial charge on any atom is 0.325 e. The Kier molecular flexibility index (Phi) is 4.53. The quantitative estimate of drug-likeness (QED) is 0.738. The normalized spacial score (nSPS) is 16.6. The highest BCUT2D eigenvalue weighted by Crippen LogP contribution is 2.30. The fourth-order valence-corrected chi connectivity index (χ4v) is 3.72. The Morgan fingerprint density at radius 3 is 2.33 bits per heavy atom. The van der Waals surface area contributed by atoms with Gasteiger partial charge in [0, 0.05) is 54.5 Å². The molecule has 2 N–H and O–H groups in total. The molecule has 1 aliphatic rings. The highest BCUT2D eigenvalue weighted by atomic mass is 19.1. The number of hydrogen-bond donors (Lipinski definition) is 2. The lowest BCUT2D eigenvalue weighted by Crippen LogP contribution is -2.49. The largest absolute Gasteiger partial charge is 0.480 e. The fraction of sp³-hybridized carbons (Fsp3) is 0.250. The third-order valence-corrected chi connectivity index (χ3v) is 5.08. The van der Waals surface area contributed by atoms with E-state index in [9.17, 15) is 18.7 Å². The van der Waals surface area contributed by atoms with Crippen LogP contribution in [-0.4, -0.2) is 47.1 Å². The second-order valence-corrected chi connectivity index (χ2v) is 6.67. The molecule has 0 radical (unpaired) electrons. The van der Waals surface area contributed by atoms with Gasteiger partial charge in [-0.3, -0.25) is 9.69 Å². The lowest BCUT2D eigenvalue weighted by Gasteiger charge is -2.38. The van der Waals surface area contributed by atoms with Gasteiger partial charge in [0.25, 0.3) is 0 Å². The van der Waals surface area contributed by atoms with Gasteiger partial charge < -0.3 is 15.0 Å². The van der Waals surface area contributed by atoms with E-state index >= 15 is 0 Å². The van der Waals surface area contributed by atoms with E-state index < -0.39 is 12.0 Å². The number of H-pyrrole nitrogens is 1. The zero-order valence-electron chi connectivity index (χ0n) is 14.5. The second-order valence-electron chi connectivity index (χ2n) is 6.67. The van der Waals surface area contributed by atoms with Gasteiger partial charge in [-0.15, -0.1) is 0 Å².